The second-order valence-corrected chi connectivity index (χ2v) is 6.43. The smallest absolute Gasteiger partial charge is 0.138 e. The number of halogens is 2. The molecule has 0 aliphatic rings. The molecule has 0 saturated carbocycles. The van der Waals surface area contributed by atoms with E-state index in [0.717, 1.165) is 11.3 Å². The van der Waals surface area contributed by atoms with Crippen molar-refractivity contribution in [3.05, 3.63) is 45.8 Å². The molecule has 0 amide bonds. The Hall–Kier alpha value is -1.32. The zero-order chi connectivity index (χ0) is 14.9. The Bertz CT molecular complexity index is 634. The quantitative estimate of drug-likeness (QED) is 0.781. The molecule has 5 heteroatoms. The average Bonchev–Trinajstić information content (AvgIpc) is 2.36. The molecule has 1 aromatic heterocycles. The van der Waals surface area contributed by atoms with Crippen LogP contribution in [0.1, 0.15) is 32.2 Å². The lowest BCUT2D eigenvalue weighted by atomic mass is 9.95. The molecule has 20 heavy (non-hydrogen) atoms. The summed E-state index contributed by atoms with van der Waals surface area (Å²) in [5.74, 6) is 1.38. The maximum Gasteiger partial charge on any atom is 0.138 e. The van der Waals surface area contributed by atoms with Crippen molar-refractivity contribution in [3.63, 3.8) is 0 Å². The van der Waals surface area contributed by atoms with Crippen molar-refractivity contribution in [1.29, 1.82) is 0 Å². The van der Waals surface area contributed by atoms with Crippen LogP contribution in [0.2, 0.25) is 10.2 Å². The third kappa shape index (κ3) is 3.22. The van der Waals surface area contributed by atoms with Gasteiger partial charge in [0.1, 0.15) is 16.8 Å². The van der Waals surface area contributed by atoms with Crippen LogP contribution < -0.4 is 5.32 Å². The second-order valence-electron chi connectivity index (χ2n) is 5.67. The zero-order valence-electron chi connectivity index (χ0n) is 12.0. The summed E-state index contributed by atoms with van der Waals surface area (Å²) in [5.41, 5.74) is 1.43. The fraction of sp³-hybridized carbons (Fsp3) is 0.333. The van der Waals surface area contributed by atoms with E-state index < -0.39 is 0 Å². The van der Waals surface area contributed by atoms with Gasteiger partial charge in [0.15, 0.2) is 0 Å². The van der Waals surface area contributed by atoms with Gasteiger partial charge in [-0.1, -0.05) is 56.1 Å². The zero-order valence-corrected chi connectivity index (χ0v) is 13.5. The molecule has 0 fully saturated rings. The van der Waals surface area contributed by atoms with Crippen LogP contribution in [0.15, 0.2) is 24.3 Å². The maximum atomic E-state index is 6.21. The van der Waals surface area contributed by atoms with Crippen LogP contribution in [0.3, 0.4) is 0 Å². The number of anilines is 2. The van der Waals surface area contributed by atoms with Crippen molar-refractivity contribution >= 4 is 34.7 Å². The van der Waals surface area contributed by atoms with Gasteiger partial charge in [-0.2, -0.15) is 0 Å². The minimum absolute atomic E-state index is 0.172. The third-order valence-corrected chi connectivity index (χ3v) is 3.58. The van der Waals surface area contributed by atoms with Gasteiger partial charge in [0.2, 0.25) is 0 Å². The summed E-state index contributed by atoms with van der Waals surface area (Å²) in [6.07, 6.45) is 0. The highest BCUT2D eigenvalue weighted by molar-refractivity contribution is 6.33. The minimum Gasteiger partial charge on any atom is -0.339 e. The number of hydrogen-bond acceptors (Lipinski definition) is 3. The van der Waals surface area contributed by atoms with Gasteiger partial charge in [-0.25, -0.2) is 9.97 Å². The van der Waals surface area contributed by atoms with Crippen LogP contribution >= 0.6 is 23.2 Å². The lowest BCUT2D eigenvalue weighted by molar-refractivity contribution is 0.545. The summed E-state index contributed by atoms with van der Waals surface area (Å²) in [7, 11) is 0. The van der Waals surface area contributed by atoms with E-state index in [9.17, 15) is 0 Å². The number of nitrogens with one attached hydrogen (secondary N) is 1. The highest BCUT2D eigenvalue weighted by Crippen LogP contribution is 2.30. The van der Waals surface area contributed by atoms with Crippen LogP contribution in [0.4, 0.5) is 11.5 Å². The van der Waals surface area contributed by atoms with Gasteiger partial charge in [-0.3, -0.25) is 0 Å². The normalized spacial score (nSPS) is 11.5. The summed E-state index contributed by atoms with van der Waals surface area (Å²) in [5, 5.41) is 4.32. The molecule has 3 nitrogen and oxygen atoms in total. The van der Waals surface area contributed by atoms with E-state index in [1.54, 1.807) is 0 Å². The second kappa shape index (κ2) is 5.58. The highest BCUT2D eigenvalue weighted by Gasteiger charge is 2.20. The predicted octanol–water partition coefficient (Wildman–Crippen LogP) is 5.13. The maximum absolute atomic E-state index is 6.21. The molecule has 1 heterocycles. The molecular formula is C15H17Cl2N3. The predicted molar refractivity (Wildman–Crippen MR) is 85.2 cm³/mol. The number of aromatic nitrogens is 2. The Morgan fingerprint density at radius 3 is 2.30 bits per heavy atom. The lowest BCUT2D eigenvalue weighted by Gasteiger charge is -2.19. The number of rotatable bonds is 2. The van der Waals surface area contributed by atoms with E-state index in [2.05, 4.69) is 15.3 Å². The van der Waals surface area contributed by atoms with Gasteiger partial charge in [-0.15, -0.1) is 0 Å². The fourth-order valence-electron chi connectivity index (χ4n) is 1.64. The first-order valence-electron chi connectivity index (χ1n) is 6.35. The number of para-hydroxylation sites is 1. The van der Waals surface area contributed by atoms with Crippen molar-refractivity contribution in [2.75, 3.05) is 5.32 Å². The molecule has 0 bridgehead atoms. The third-order valence-electron chi connectivity index (χ3n) is 2.88. The van der Waals surface area contributed by atoms with Crippen molar-refractivity contribution < 1.29 is 0 Å². The summed E-state index contributed by atoms with van der Waals surface area (Å²) >= 11 is 12.4. The van der Waals surface area contributed by atoms with Gasteiger partial charge >= 0.3 is 0 Å². The molecule has 0 spiro atoms. The van der Waals surface area contributed by atoms with Crippen LogP contribution in [0, 0.1) is 6.92 Å². The van der Waals surface area contributed by atoms with Gasteiger partial charge < -0.3 is 5.32 Å². The molecule has 0 saturated heterocycles. The summed E-state index contributed by atoms with van der Waals surface area (Å²) in [6.45, 7) is 8.03. The van der Waals surface area contributed by atoms with E-state index in [4.69, 9.17) is 23.2 Å². The molecule has 1 N–H and O–H groups in total. The minimum atomic E-state index is -0.172. The highest BCUT2D eigenvalue weighted by atomic mass is 35.5. The first-order chi connectivity index (χ1) is 9.29. The SMILES string of the molecule is Cc1c(Cl)nc(C(C)(C)C)nc1Nc1ccccc1Cl. The van der Waals surface area contributed by atoms with E-state index in [1.807, 2.05) is 52.0 Å². The monoisotopic (exact) mass is 309 g/mol. The summed E-state index contributed by atoms with van der Waals surface area (Å²) in [6, 6.07) is 7.52. The van der Waals surface area contributed by atoms with Crippen molar-refractivity contribution in [1.82, 2.24) is 9.97 Å². The first kappa shape index (κ1) is 15.1. The fourth-order valence-corrected chi connectivity index (χ4v) is 1.99. The van der Waals surface area contributed by atoms with Gasteiger partial charge in [-0.05, 0) is 19.1 Å². The Morgan fingerprint density at radius 1 is 1.05 bits per heavy atom. The molecule has 0 aliphatic carbocycles. The molecule has 0 radical (unpaired) electrons. The topological polar surface area (TPSA) is 37.8 Å². The standard InChI is InChI=1S/C15H17Cl2N3/c1-9-12(17)19-14(15(2,3)4)20-13(9)18-11-8-6-5-7-10(11)16/h5-8H,1-4H3,(H,18,19,20). The lowest BCUT2D eigenvalue weighted by Crippen LogP contribution is -2.17. The van der Waals surface area contributed by atoms with E-state index in [-0.39, 0.29) is 5.41 Å². The molecule has 2 rings (SSSR count). The van der Waals surface area contributed by atoms with Crippen molar-refractivity contribution in [2.45, 2.75) is 33.1 Å². The summed E-state index contributed by atoms with van der Waals surface area (Å²) in [4.78, 5) is 8.93. The molecular weight excluding hydrogens is 293 g/mol. The van der Waals surface area contributed by atoms with E-state index in [0.29, 0.717) is 21.8 Å². The molecule has 106 valence electrons. The van der Waals surface area contributed by atoms with Crippen molar-refractivity contribution in [2.24, 2.45) is 0 Å². The molecule has 0 atom stereocenters. The molecule has 1 aromatic carbocycles. The Labute approximate surface area is 129 Å². The van der Waals surface area contributed by atoms with Gasteiger partial charge in [0, 0.05) is 11.0 Å². The number of benzene rings is 1. The Morgan fingerprint density at radius 2 is 1.70 bits per heavy atom. The summed E-state index contributed by atoms with van der Waals surface area (Å²) < 4.78 is 0. The molecule has 0 unspecified atom stereocenters. The van der Waals surface area contributed by atoms with Gasteiger partial charge in [0.05, 0.1) is 10.7 Å². The van der Waals surface area contributed by atoms with Crippen molar-refractivity contribution in [3.8, 4) is 0 Å². The van der Waals surface area contributed by atoms with Crippen LogP contribution in [-0.2, 0) is 5.41 Å². The van der Waals surface area contributed by atoms with E-state index in [1.165, 1.54) is 0 Å². The molecule has 0 aliphatic heterocycles. The van der Waals surface area contributed by atoms with Gasteiger partial charge in [0.25, 0.3) is 0 Å². The number of hydrogen-bond donors (Lipinski definition) is 1. The molecule has 2 aromatic rings. The van der Waals surface area contributed by atoms with Crippen LogP contribution in [-0.4, -0.2) is 9.97 Å². The largest absolute Gasteiger partial charge is 0.339 e. The van der Waals surface area contributed by atoms with E-state index >= 15 is 0 Å². The number of nitrogens with zero attached hydrogens (tertiary/aromatic N) is 2. The Kier molecular flexibility index (Phi) is 4.21. The Balaban J connectivity index is 2.46. The first-order valence-corrected chi connectivity index (χ1v) is 7.11. The average molecular weight is 310 g/mol. The van der Waals surface area contributed by atoms with Crippen LogP contribution in [0.25, 0.3) is 0 Å². The van der Waals surface area contributed by atoms with Crippen LogP contribution in [0.5, 0.6) is 0 Å².